The van der Waals surface area contributed by atoms with Gasteiger partial charge in [0.25, 0.3) is 0 Å². The Bertz CT molecular complexity index is 315. The maximum atomic E-state index is 5.82. The van der Waals surface area contributed by atoms with Gasteiger partial charge in [-0.3, -0.25) is 0 Å². The van der Waals surface area contributed by atoms with Gasteiger partial charge in [0.2, 0.25) is 0 Å². The van der Waals surface area contributed by atoms with Crippen molar-refractivity contribution in [2.45, 2.75) is 26.3 Å². The highest BCUT2D eigenvalue weighted by atomic mass is 15.4. The number of nitrogen functional groups attached to an aromatic ring is 2. The van der Waals surface area contributed by atoms with Gasteiger partial charge in [-0.05, 0) is 26.3 Å². The Kier molecular flexibility index (Phi) is 2.71. The van der Waals surface area contributed by atoms with Crippen LogP contribution in [0.5, 0.6) is 0 Å². The van der Waals surface area contributed by atoms with E-state index in [0.29, 0.717) is 18.1 Å². The van der Waals surface area contributed by atoms with E-state index in [2.05, 4.69) is 12.0 Å². The molecule has 0 aromatic carbocycles. The number of aromatic nitrogens is 2. The summed E-state index contributed by atoms with van der Waals surface area (Å²) in [5.41, 5.74) is 17.4. The average Bonchev–Trinajstić information content (AvgIpc) is 2.46. The first kappa shape index (κ1) is 10.8. The fourth-order valence-electron chi connectivity index (χ4n) is 1.33. The Hall–Kier alpha value is -1.23. The van der Waals surface area contributed by atoms with E-state index >= 15 is 0 Å². The molecule has 14 heavy (non-hydrogen) atoms. The molecule has 0 saturated heterocycles. The van der Waals surface area contributed by atoms with E-state index in [1.807, 2.05) is 13.8 Å². The first-order chi connectivity index (χ1) is 6.41. The van der Waals surface area contributed by atoms with Gasteiger partial charge >= 0.3 is 0 Å². The number of hydrogen-bond acceptors (Lipinski definition) is 4. The van der Waals surface area contributed by atoms with Gasteiger partial charge in [-0.15, -0.1) is 0 Å². The number of anilines is 2. The lowest BCUT2D eigenvalue weighted by Crippen LogP contribution is -2.39. The second-order valence-electron chi connectivity index (χ2n) is 4.19. The third-order valence-corrected chi connectivity index (χ3v) is 2.94. The molecule has 0 amide bonds. The topological polar surface area (TPSA) is 95.9 Å². The van der Waals surface area contributed by atoms with Crippen molar-refractivity contribution in [2.24, 2.45) is 11.7 Å². The first-order valence-electron chi connectivity index (χ1n) is 4.70. The van der Waals surface area contributed by atoms with Gasteiger partial charge in [0.15, 0.2) is 0 Å². The zero-order valence-electron chi connectivity index (χ0n) is 8.99. The van der Waals surface area contributed by atoms with Gasteiger partial charge in [-0.25, -0.2) is 4.68 Å². The Morgan fingerprint density at radius 3 is 2.43 bits per heavy atom. The van der Waals surface area contributed by atoms with Crippen LogP contribution in [0.15, 0.2) is 6.20 Å². The molecule has 0 aliphatic heterocycles. The lowest BCUT2D eigenvalue weighted by atomic mass is 9.89. The zero-order chi connectivity index (χ0) is 10.9. The quantitative estimate of drug-likeness (QED) is 0.652. The highest BCUT2D eigenvalue weighted by Crippen LogP contribution is 2.28. The van der Waals surface area contributed by atoms with Crippen molar-refractivity contribution in [3.8, 4) is 0 Å². The van der Waals surface area contributed by atoms with Gasteiger partial charge in [0, 0.05) is 0 Å². The van der Waals surface area contributed by atoms with Crippen LogP contribution in [0.25, 0.3) is 0 Å². The predicted octanol–water partition coefficient (Wildman–Crippen LogP) is 0.377. The van der Waals surface area contributed by atoms with E-state index in [9.17, 15) is 0 Å². The third-order valence-electron chi connectivity index (χ3n) is 2.94. The fourth-order valence-corrected chi connectivity index (χ4v) is 1.33. The molecule has 0 bridgehead atoms. The SMILES string of the molecule is CC(CN)C(C)(C)n1ncc(N)c1N. The summed E-state index contributed by atoms with van der Waals surface area (Å²) in [4.78, 5) is 0. The van der Waals surface area contributed by atoms with Crippen LogP contribution in [0, 0.1) is 5.92 Å². The summed E-state index contributed by atoms with van der Waals surface area (Å²) in [6.07, 6.45) is 1.57. The van der Waals surface area contributed by atoms with Gasteiger partial charge in [0.05, 0.1) is 17.4 Å². The van der Waals surface area contributed by atoms with Crippen molar-refractivity contribution in [1.29, 1.82) is 0 Å². The summed E-state index contributed by atoms with van der Waals surface area (Å²) in [5, 5.41) is 4.17. The molecule has 0 radical (unpaired) electrons. The summed E-state index contributed by atoms with van der Waals surface area (Å²) >= 11 is 0. The average molecular weight is 197 g/mol. The molecule has 0 aliphatic rings. The molecule has 0 saturated carbocycles. The second-order valence-corrected chi connectivity index (χ2v) is 4.19. The molecule has 5 nitrogen and oxygen atoms in total. The zero-order valence-corrected chi connectivity index (χ0v) is 8.99. The molecule has 1 aromatic heterocycles. The molecule has 5 heteroatoms. The largest absolute Gasteiger partial charge is 0.394 e. The van der Waals surface area contributed by atoms with Crippen LogP contribution in [0.1, 0.15) is 20.8 Å². The van der Waals surface area contributed by atoms with E-state index in [1.54, 1.807) is 10.9 Å². The molecule has 1 aromatic rings. The Labute approximate surface area is 84.2 Å². The molecule has 0 aliphatic carbocycles. The molecule has 0 spiro atoms. The summed E-state index contributed by atoms with van der Waals surface area (Å²) in [5.74, 6) is 0.791. The summed E-state index contributed by atoms with van der Waals surface area (Å²) in [6.45, 7) is 6.75. The Balaban J connectivity index is 3.09. The number of nitrogens with two attached hydrogens (primary N) is 3. The van der Waals surface area contributed by atoms with Crippen molar-refractivity contribution in [1.82, 2.24) is 9.78 Å². The maximum absolute atomic E-state index is 5.82. The Morgan fingerprint density at radius 1 is 1.50 bits per heavy atom. The maximum Gasteiger partial charge on any atom is 0.145 e. The minimum absolute atomic E-state index is 0.212. The second kappa shape index (κ2) is 3.49. The summed E-state index contributed by atoms with van der Waals surface area (Å²) in [7, 11) is 0. The molecular weight excluding hydrogens is 178 g/mol. The van der Waals surface area contributed by atoms with Gasteiger partial charge < -0.3 is 17.2 Å². The molecule has 0 fully saturated rings. The molecule has 80 valence electrons. The minimum Gasteiger partial charge on any atom is -0.394 e. The van der Waals surface area contributed by atoms with Crippen molar-refractivity contribution in [3.05, 3.63) is 6.20 Å². The van der Waals surface area contributed by atoms with E-state index < -0.39 is 0 Å². The van der Waals surface area contributed by atoms with Crippen LogP contribution in [-0.2, 0) is 5.54 Å². The van der Waals surface area contributed by atoms with Crippen LogP contribution in [0.4, 0.5) is 11.5 Å². The fraction of sp³-hybridized carbons (Fsp3) is 0.667. The van der Waals surface area contributed by atoms with E-state index in [4.69, 9.17) is 17.2 Å². The van der Waals surface area contributed by atoms with Gasteiger partial charge in [-0.2, -0.15) is 5.10 Å². The molecule has 1 rings (SSSR count). The highest BCUT2D eigenvalue weighted by molar-refractivity contribution is 5.57. The Morgan fingerprint density at radius 2 is 2.07 bits per heavy atom. The normalized spacial score (nSPS) is 14.3. The van der Waals surface area contributed by atoms with Crippen molar-refractivity contribution in [3.63, 3.8) is 0 Å². The lowest BCUT2D eigenvalue weighted by molar-refractivity contribution is 0.219. The van der Waals surface area contributed by atoms with Crippen LogP contribution in [-0.4, -0.2) is 16.3 Å². The molecule has 6 N–H and O–H groups in total. The van der Waals surface area contributed by atoms with Crippen molar-refractivity contribution in [2.75, 3.05) is 18.0 Å². The molecule has 1 atom stereocenters. The number of rotatable bonds is 3. The molecular formula is C9H19N5. The highest BCUT2D eigenvalue weighted by Gasteiger charge is 2.29. The van der Waals surface area contributed by atoms with Crippen molar-refractivity contribution >= 4 is 11.5 Å². The standard InChI is InChI=1S/C9H19N5/c1-6(4-10)9(2,3)14-8(12)7(11)5-13-14/h5-6H,4,10-12H2,1-3H3. The van der Waals surface area contributed by atoms with E-state index in [-0.39, 0.29) is 11.5 Å². The van der Waals surface area contributed by atoms with E-state index in [0.717, 1.165) is 0 Å². The van der Waals surface area contributed by atoms with E-state index in [1.165, 1.54) is 0 Å². The monoisotopic (exact) mass is 197 g/mol. The number of nitrogens with zero attached hydrogens (tertiary/aromatic N) is 2. The van der Waals surface area contributed by atoms with Crippen molar-refractivity contribution < 1.29 is 0 Å². The van der Waals surface area contributed by atoms with Crippen LogP contribution in [0.3, 0.4) is 0 Å². The third kappa shape index (κ3) is 1.55. The van der Waals surface area contributed by atoms with Gasteiger partial charge in [0.1, 0.15) is 5.82 Å². The lowest BCUT2D eigenvalue weighted by Gasteiger charge is -2.32. The summed E-state index contributed by atoms with van der Waals surface area (Å²) in [6, 6.07) is 0. The molecule has 1 unspecified atom stereocenters. The first-order valence-corrected chi connectivity index (χ1v) is 4.70. The minimum atomic E-state index is -0.212. The summed E-state index contributed by atoms with van der Waals surface area (Å²) < 4.78 is 1.74. The van der Waals surface area contributed by atoms with Crippen LogP contribution < -0.4 is 17.2 Å². The smallest absolute Gasteiger partial charge is 0.145 e. The van der Waals surface area contributed by atoms with Crippen LogP contribution >= 0.6 is 0 Å². The van der Waals surface area contributed by atoms with Gasteiger partial charge in [-0.1, -0.05) is 6.92 Å². The van der Waals surface area contributed by atoms with Crippen LogP contribution in [0.2, 0.25) is 0 Å². The predicted molar refractivity (Wildman–Crippen MR) is 58.6 cm³/mol. The number of hydrogen-bond donors (Lipinski definition) is 3. The molecule has 1 heterocycles.